The van der Waals surface area contributed by atoms with Crippen LogP contribution in [0.2, 0.25) is 5.02 Å². The predicted molar refractivity (Wildman–Crippen MR) is 99.0 cm³/mol. The van der Waals surface area contributed by atoms with Crippen LogP contribution in [-0.2, 0) is 10.3 Å². The van der Waals surface area contributed by atoms with Crippen LogP contribution >= 0.6 is 11.6 Å². The van der Waals surface area contributed by atoms with Gasteiger partial charge in [-0.1, -0.05) is 35.9 Å². The third-order valence-corrected chi connectivity index (χ3v) is 5.77. The van der Waals surface area contributed by atoms with Gasteiger partial charge in [-0.05, 0) is 73.8 Å². The third kappa shape index (κ3) is 2.32. The minimum absolute atomic E-state index is 0.314. The summed E-state index contributed by atoms with van der Waals surface area (Å²) in [5.41, 5.74) is 6.45. The maximum absolute atomic E-state index is 6.66. The minimum atomic E-state index is -0.314. The molecular formula is C21H24ClNO. The molecule has 0 aromatic heterocycles. The Bertz CT molecular complexity index is 785. The summed E-state index contributed by atoms with van der Waals surface area (Å²) in [7, 11) is 4.18. The number of hydrogen-bond acceptors (Lipinski definition) is 2. The highest BCUT2D eigenvalue weighted by molar-refractivity contribution is 6.30. The molecule has 0 saturated heterocycles. The maximum Gasteiger partial charge on any atom is 0.119 e. The van der Waals surface area contributed by atoms with Gasteiger partial charge in [0.1, 0.15) is 5.60 Å². The average Bonchev–Trinajstić information content (AvgIpc) is 2.54. The summed E-state index contributed by atoms with van der Waals surface area (Å²) in [5.74, 6) is 0.452. The van der Waals surface area contributed by atoms with Gasteiger partial charge in [-0.15, -0.1) is 0 Å². The van der Waals surface area contributed by atoms with Crippen molar-refractivity contribution in [2.45, 2.75) is 31.3 Å². The summed E-state index contributed by atoms with van der Waals surface area (Å²) in [6.45, 7) is 3.83. The second kappa shape index (κ2) is 5.87. The van der Waals surface area contributed by atoms with E-state index in [1.165, 1.54) is 27.8 Å². The molecule has 2 atom stereocenters. The number of benzene rings is 2. The van der Waals surface area contributed by atoms with Gasteiger partial charge < -0.3 is 9.64 Å². The first kappa shape index (κ1) is 16.1. The highest BCUT2D eigenvalue weighted by Gasteiger charge is 2.50. The first-order valence-electron chi connectivity index (χ1n) is 8.71. The van der Waals surface area contributed by atoms with Gasteiger partial charge in [-0.3, -0.25) is 0 Å². The molecule has 2 aromatic carbocycles. The SMILES string of the molecule is Cc1cc(Cl)cc2c1C1(OCCN(C)C)CCC2c2ccccc21. The van der Waals surface area contributed by atoms with E-state index in [1.807, 2.05) is 0 Å². The van der Waals surface area contributed by atoms with E-state index in [4.69, 9.17) is 16.3 Å². The normalized spacial score (nSPS) is 24.1. The van der Waals surface area contributed by atoms with Gasteiger partial charge in [0, 0.05) is 17.5 Å². The quantitative estimate of drug-likeness (QED) is 0.798. The van der Waals surface area contributed by atoms with Crippen LogP contribution in [0.3, 0.4) is 0 Å². The Labute approximate surface area is 149 Å². The van der Waals surface area contributed by atoms with Crippen molar-refractivity contribution in [2.24, 2.45) is 0 Å². The van der Waals surface area contributed by atoms with E-state index in [2.05, 4.69) is 62.3 Å². The molecule has 0 saturated carbocycles. The van der Waals surface area contributed by atoms with Crippen LogP contribution < -0.4 is 0 Å². The second-order valence-corrected chi connectivity index (χ2v) is 7.78. The number of aryl methyl sites for hydroxylation is 1. The minimum Gasteiger partial charge on any atom is -0.364 e. The van der Waals surface area contributed by atoms with Crippen molar-refractivity contribution in [3.63, 3.8) is 0 Å². The topological polar surface area (TPSA) is 12.5 Å². The molecule has 0 amide bonds. The van der Waals surface area contributed by atoms with E-state index in [9.17, 15) is 0 Å². The zero-order valence-electron chi connectivity index (χ0n) is 14.6. The average molecular weight is 342 g/mol. The van der Waals surface area contributed by atoms with Gasteiger partial charge in [0.2, 0.25) is 0 Å². The van der Waals surface area contributed by atoms with E-state index < -0.39 is 0 Å². The number of likely N-dealkylation sites (N-methyl/N-ethyl adjacent to an activating group) is 1. The van der Waals surface area contributed by atoms with Crippen LogP contribution in [0, 0.1) is 6.92 Å². The van der Waals surface area contributed by atoms with E-state index in [-0.39, 0.29) is 5.60 Å². The Morgan fingerprint density at radius 3 is 2.79 bits per heavy atom. The molecule has 2 unspecified atom stereocenters. The molecule has 2 bridgehead atoms. The lowest BCUT2D eigenvalue weighted by atomic mass is 9.60. The first-order chi connectivity index (χ1) is 11.5. The summed E-state index contributed by atoms with van der Waals surface area (Å²) in [4.78, 5) is 2.17. The van der Waals surface area contributed by atoms with Gasteiger partial charge >= 0.3 is 0 Å². The lowest BCUT2D eigenvalue weighted by Gasteiger charge is -2.50. The Hall–Kier alpha value is -1.35. The van der Waals surface area contributed by atoms with Gasteiger partial charge in [-0.2, -0.15) is 0 Å². The van der Waals surface area contributed by atoms with Gasteiger partial charge in [0.25, 0.3) is 0 Å². The summed E-state index contributed by atoms with van der Waals surface area (Å²) in [6, 6.07) is 13.1. The van der Waals surface area contributed by atoms with Crippen LogP contribution in [-0.4, -0.2) is 32.1 Å². The Morgan fingerprint density at radius 2 is 2.00 bits per heavy atom. The van der Waals surface area contributed by atoms with Crippen molar-refractivity contribution in [3.05, 3.63) is 69.2 Å². The summed E-state index contributed by atoms with van der Waals surface area (Å²) < 4.78 is 6.66. The largest absolute Gasteiger partial charge is 0.364 e. The van der Waals surface area contributed by atoms with E-state index in [0.29, 0.717) is 5.92 Å². The zero-order chi connectivity index (χ0) is 16.9. The molecule has 0 aliphatic heterocycles. The molecule has 0 fully saturated rings. The molecule has 0 radical (unpaired) electrons. The summed E-state index contributed by atoms with van der Waals surface area (Å²) >= 11 is 6.39. The Kier molecular flexibility index (Phi) is 3.95. The fraction of sp³-hybridized carbons (Fsp3) is 0.429. The van der Waals surface area contributed by atoms with E-state index in [0.717, 1.165) is 31.0 Å². The molecule has 3 aliphatic rings. The van der Waals surface area contributed by atoms with E-state index in [1.54, 1.807) is 0 Å². The Balaban J connectivity index is 1.89. The molecule has 3 aliphatic carbocycles. The number of hydrogen-bond donors (Lipinski definition) is 0. The number of halogens is 1. The van der Waals surface area contributed by atoms with Gasteiger partial charge in [0.15, 0.2) is 0 Å². The van der Waals surface area contributed by atoms with Crippen LogP contribution in [0.1, 0.15) is 46.6 Å². The number of nitrogens with zero attached hydrogens (tertiary/aromatic N) is 1. The number of rotatable bonds is 4. The van der Waals surface area contributed by atoms with Crippen LogP contribution in [0.5, 0.6) is 0 Å². The monoisotopic (exact) mass is 341 g/mol. The maximum atomic E-state index is 6.66. The standard InChI is InChI=1S/C21H24ClNO/c1-14-12-15(22)13-18-16-8-9-21(20(14)18,24-11-10-23(2)3)19-7-5-4-6-17(16)19/h4-7,12-13,16H,8-11H2,1-3H3. The van der Waals surface area contributed by atoms with Crippen molar-refractivity contribution >= 4 is 11.6 Å². The van der Waals surface area contributed by atoms with Crippen molar-refractivity contribution in [2.75, 3.05) is 27.2 Å². The molecule has 5 rings (SSSR count). The van der Waals surface area contributed by atoms with Crippen LogP contribution in [0.25, 0.3) is 0 Å². The number of ether oxygens (including phenoxy) is 1. The molecular weight excluding hydrogens is 318 g/mol. The van der Waals surface area contributed by atoms with Crippen molar-refractivity contribution in [1.29, 1.82) is 0 Å². The molecule has 0 N–H and O–H groups in total. The lowest BCUT2D eigenvalue weighted by Crippen LogP contribution is -2.44. The fourth-order valence-electron chi connectivity index (χ4n) is 4.61. The fourth-order valence-corrected chi connectivity index (χ4v) is 4.89. The molecule has 0 heterocycles. The zero-order valence-corrected chi connectivity index (χ0v) is 15.4. The van der Waals surface area contributed by atoms with Gasteiger partial charge in [0.05, 0.1) is 6.61 Å². The van der Waals surface area contributed by atoms with Crippen LogP contribution in [0.4, 0.5) is 0 Å². The summed E-state index contributed by atoms with van der Waals surface area (Å²) in [5, 5.41) is 0.833. The third-order valence-electron chi connectivity index (χ3n) is 5.55. The van der Waals surface area contributed by atoms with E-state index >= 15 is 0 Å². The van der Waals surface area contributed by atoms with Crippen molar-refractivity contribution in [3.8, 4) is 0 Å². The Morgan fingerprint density at radius 1 is 1.21 bits per heavy atom. The lowest BCUT2D eigenvalue weighted by molar-refractivity contribution is -0.0441. The second-order valence-electron chi connectivity index (χ2n) is 7.34. The summed E-state index contributed by atoms with van der Waals surface area (Å²) in [6.07, 6.45) is 2.18. The molecule has 3 heteroatoms. The molecule has 2 aromatic rings. The molecule has 24 heavy (non-hydrogen) atoms. The number of fused-ring (bicyclic) bond motifs is 1. The van der Waals surface area contributed by atoms with Gasteiger partial charge in [-0.25, -0.2) is 0 Å². The highest BCUT2D eigenvalue weighted by atomic mass is 35.5. The first-order valence-corrected chi connectivity index (χ1v) is 9.09. The van der Waals surface area contributed by atoms with Crippen LogP contribution in [0.15, 0.2) is 36.4 Å². The molecule has 2 nitrogen and oxygen atoms in total. The van der Waals surface area contributed by atoms with Crippen molar-refractivity contribution < 1.29 is 4.74 Å². The molecule has 0 spiro atoms. The predicted octanol–water partition coefficient (Wildman–Crippen LogP) is 4.71. The highest BCUT2D eigenvalue weighted by Crippen LogP contribution is 2.58. The van der Waals surface area contributed by atoms with Crippen molar-refractivity contribution in [1.82, 2.24) is 4.90 Å². The molecule has 126 valence electrons. The smallest absolute Gasteiger partial charge is 0.119 e.